The molecule has 1 aliphatic carbocycles. The first-order valence-electron chi connectivity index (χ1n) is 19.5. The molecule has 3 heterocycles. The van der Waals surface area contributed by atoms with E-state index in [1.807, 2.05) is 0 Å². The Balaban J connectivity index is 1.27. The van der Waals surface area contributed by atoms with Gasteiger partial charge in [0.25, 0.3) is 0 Å². The summed E-state index contributed by atoms with van der Waals surface area (Å²) >= 11 is 0. The highest BCUT2D eigenvalue weighted by Crippen LogP contribution is 2.47. The molecular weight excluding hydrogens is 667 g/mol. The summed E-state index contributed by atoms with van der Waals surface area (Å²) in [6.45, 7) is 2.24. The summed E-state index contributed by atoms with van der Waals surface area (Å²) in [5.41, 5.74) is 13.6. The first-order valence-corrected chi connectivity index (χ1v) is 19.5. The SMILES string of the molecule is CC/C=C(\c1ccccc1)C1C=CC(n2c3c(ccc4c3c3ccccc3n4-c3ccccc3)c3ccc4c(c5ccccc5n4-c4ccccc4)c32)=CC1. The highest BCUT2D eigenvalue weighted by atomic mass is 15.0. The van der Waals surface area contributed by atoms with Crippen LogP contribution in [0.5, 0.6) is 0 Å². The van der Waals surface area contributed by atoms with Gasteiger partial charge in [-0.3, -0.25) is 0 Å². The smallest absolute Gasteiger partial charge is 0.0641 e. The lowest BCUT2D eigenvalue weighted by molar-refractivity contribution is 0.836. The first kappa shape index (κ1) is 31.7. The van der Waals surface area contributed by atoms with E-state index < -0.39 is 0 Å². The van der Waals surface area contributed by atoms with E-state index in [0.717, 1.165) is 12.8 Å². The van der Waals surface area contributed by atoms with Crippen molar-refractivity contribution in [3.8, 4) is 11.4 Å². The topological polar surface area (TPSA) is 14.8 Å². The van der Waals surface area contributed by atoms with Gasteiger partial charge in [-0.25, -0.2) is 0 Å². The van der Waals surface area contributed by atoms with Gasteiger partial charge in [0, 0.05) is 55.3 Å². The number of aromatic nitrogens is 3. The quantitative estimate of drug-likeness (QED) is 0.164. The highest BCUT2D eigenvalue weighted by molar-refractivity contribution is 6.32. The van der Waals surface area contributed by atoms with E-state index in [-0.39, 0.29) is 0 Å². The Morgan fingerprint density at radius 3 is 1.49 bits per heavy atom. The second-order valence-corrected chi connectivity index (χ2v) is 14.7. The van der Waals surface area contributed by atoms with Crippen molar-refractivity contribution in [1.29, 1.82) is 0 Å². The number of allylic oxidation sites excluding steroid dienone is 6. The van der Waals surface area contributed by atoms with Crippen molar-refractivity contribution in [2.24, 2.45) is 5.92 Å². The van der Waals surface area contributed by atoms with Gasteiger partial charge in [0.05, 0.1) is 33.1 Å². The van der Waals surface area contributed by atoms with E-state index >= 15 is 0 Å². The van der Waals surface area contributed by atoms with Crippen LogP contribution in [0.4, 0.5) is 0 Å². The monoisotopic (exact) mass is 705 g/mol. The zero-order valence-electron chi connectivity index (χ0n) is 30.7. The van der Waals surface area contributed by atoms with Crippen molar-refractivity contribution in [1.82, 2.24) is 13.7 Å². The van der Waals surface area contributed by atoms with Crippen LogP contribution < -0.4 is 0 Å². The molecule has 0 aliphatic heterocycles. The van der Waals surface area contributed by atoms with Crippen LogP contribution in [0.3, 0.4) is 0 Å². The molecule has 7 aromatic carbocycles. The van der Waals surface area contributed by atoms with Crippen LogP contribution in [0.2, 0.25) is 0 Å². The van der Waals surface area contributed by atoms with E-state index in [9.17, 15) is 0 Å². The third kappa shape index (κ3) is 4.76. The van der Waals surface area contributed by atoms with E-state index in [4.69, 9.17) is 0 Å². The Hall–Kier alpha value is -6.84. The van der Waals surface area contributed by atoms with Gasteiger partial charge in [0.15, 0.2) is 0 Å². The summed E-state index contributed by atoms with van der Waals surface area (Å²) in [6.07, 6.45) is 11.7. The van der Waals surface area contributed by atoms with Crippen LogP contribution >= 0.6 is 0 Å². The van der Waals surface area contributed by atoms with E-state index in [1.165, 1.54) is 93.6 Å². The molecule has 0 saturated heterocycles. The maximum absolute atomic E-state index is 2.61. The van der Waals surface area contributed by atoms with Crippen molar-refractivity contribution < 1.29 is 0 Å². The van der Waals surface area contributed by atoms with Gasteiger partial charge < -0.3 is 13.7 Å². The number of para-hydroxylation sites is 4. The molecule has 0 N–H and O–H groups in total. The molecule has 3 nitrogen and oxygen atoms in total. The van der Waals surface area contributed by atoms with Crippen molar-refractivity contribution in [2.45, 2.75) is 19.8 Å². The lowest BCUT2D eigenvalue weighted by Crippen LogP contribution is -2.06. The van der Waals surface area contributed by atoms with Crippen LogP contribution in [0, 0.1) is 5.92 Å². The van der Waals surface area contributed by atoms with E-state index in [1.54, 1.807) is 0 Å². The minimum Gasteiger partial charge on any atom is -0.309 e. The number of hydrogen-bond donors (Lipinski definition) is 0. The molecule has 0 radical (unpaired) electrons. The van der Waals surface area contributed by atoms with Crippen molar-refractivity contribution >= 4 is 76.7 Å². The Morgan fingerprint density at radius 1 is 0.509 bits per heavy atom. The summed E-state index contributed by atoms with van der Waals surface area (Å²) in [5, 5.41) is 7.61. The molecule has 1 atom stereocenters. The zero-order chi connectivity index (χ0) is 36.5. The number of nitrogens with zero attached hydrogens (tertiary/aromatic N) is 3. The van der Waals surface area contributed by atoms with Crippen LogP contribution in [0.15, 0.2) is 188 Å². The number of fused-ring (bicyclic) bond motifs is 11. The molecule has 0 spiro atoms. The Labute approximate surface area is 320 Å². The molecule has 1 unspecified atom stereocenters. The molecule has 10 aromatic rings. The Bertz CT molecular complexity index is 3020. The maximum atomic E-state index is 2.61. The second-order valence-electron chi connectivity index (χ2n) is 14.7. The number of benzene rings is 7. The lowest BCUT2D eigenvalue weighted by Gasteiger charge is -2.22. The van der Waals surface area contributed by atoms with Crippen LogP contribution in [-0.2, 0) is 0 Å². The van der Waals surface area contributed by atoms with Gasteiger partial charge in [-0.15, -0.1) is 0 Å². The van der Waals surface area contributed by atoms with Gasteiger partial charge in [0.1, 0.15) is 0 Å². The predicted molar refractivity (Wildman–Crippen MR) is 234 cm³/mol. The average Bonchev–Trinajstić information content (AvgIpc) is 3.89. The Kier molecular flexibility index (Phi) is 7.28. The lowest BCUT2D eigenvalue weighted by atomic mass is 9.86. The second kappa shape index (κ2) is 12.6. The molecule has 0 amide bonds. The fourth-order valence-corrected chi connectivity index (χ4v) is 9.40. The highest BCUT2D eigenvalue weighted by Gasteiger charge is 2.26. The fourth-order valence-electron chi connectivity index (χ4n) is 9.40. The summed E-state index contributed by atoms with van der Waals surface area (Å²) in [5.74, 6) is 0.305. The van der Waals surface area contributed by atoms with Gasteiger partial charge in [0.2, 0.25) is 0 Å². The molecular formula is C52H39N3. The van der Waals surface area contributed by atoms with Gasteiger partial charge >= 0.3 is 0 Å². The molecule has 262 valence electrons. The van der Waals surface area contributed by atoms with Gasteiger partial charge in [-0.1, -0.05) is 140 Å². The third-order valence-corrected chi connectivity index (χ3v) is 11.7. The van der Waals surface area contributed by atoms with Gasteiger partial charge in [-0.2, -0.15) is 0 Å². The van der Waals surface area contributed by atoms with E-state index in [0.29, 0.717) is 5.92 Å². The average molecular weight is 706 g/mol. The molecule has 3 heteroatoms. The molecule has 3 aromatic heterocycles. The summed E-state index contributed by atoms with van der Waals surface area (Å²) in [4.78, 5) is 0. The van der Waals surface area contributed by atoms with Crippen LogP contribution in [-0.4, -0.2) is 13.7 Å². The first-order chi connectivity index (χ1) is 27.3. The van der Waals surface area contributed by atoms with Gasteiger partial charge in [-0.05, 0) is 78.6 Å². The maximum Gasteiger partial charge on any atom is 0.0641 e. The zero-order valence-corrected chi connectivity index (χ0v) is 30.7. The fraction of sp³-hybridized carbons (Fsp3) is 0.0769. The standard InChI is InChI=1S/C52H39N3/c1-2-16-40(35-17-6-3-7-18-35)36-27-29-39(30-28-36)55-51-41(31-33-47-49(51)43-23-12-14-25-45(43)53(47)37-19-8-4-9-20-37)42-32-34-48-50(52(42)55)44-24-13-15-26-46(44)54(48)38-21-10-5-11-22-38/h3-27,29-34,36H,2,28H2,1H3/b40-16+. The molecule has 1 aliphatic rings. The van der Waals surface area contributed by atoms with Crippen LogP contribution in [0.1, 0.15) is 25.3 Å². The van der Waals surface area contributed by atoms with E-state index in [2.05, 4.69) is 209 Å². The number of hydrogen-bond acceptors (Lipinski definition) is 0. The molecule has 11 rings (SSSR count). The predicted octanol–water partition coefficient (Wildman–Crippen LogP) is 13.9. The molecule has 0 saturated carbocycles. The molecule has 55 heavy (non-hydrogen) atoms. The van der Waals surface area contributed by atoms with Crippen molar-refractivity contribution in [3.05, 3.63) is 194 Å². The number of rotatable bonds is 6. The molecule has 0 bridgehead atoms. The third-order valence-electron chi connectivity index (χ3n) is 11.7. The summed E-state index contributed by atoms with van der Waals surface area (Å²) in [7, 11) is 0. The Morgan fingerprint density at radius 2 is 1.00 bits per heavy atom. The summed E-state index contributed by atoms with van der Waals surface area (Å²) < 4.78 is 7.48. The largest absolute Gasteiger partial charge is 0.309 e. The van der Waals surface area contributed by atoms with Crippen LogP contribution in [0.25, 0.3) is 88.1 Å². The minimum atomic E-state index is 0.305. The van der Waals surface area contributed by atoms with Crippen molar-refractivity contribution in [3.63, 3.8) is 0 Å². The summed E-state index contributed by atoms with van der Waals surface area (Å²) in [6, 6.07) is 59.8. The van der Waals surface area contributed by atoms with Crippen molar-refractivity contribution in [2.75, 3.05) is 0 Å². The molecule has 0 fully saturated rings. The minimum absolute atomic E-state index is 0.305. The normalized spacial score (nSPS) is 15.0.